The zero-order valence-corrected chi connectivity index (χ0v) is 19.8. The van der Waals surface area contributed by atoms with Crippen molar-refractivity contribution < 1.29 is 9.59 Å². The molecule has 0 unspecified atom stereocenters. The first-order valence-corrected chi connectivity index (χ1v) is 12.4. The highest BCUT2D eigenvalue weighted by Gasteiger charge is 2.27. The van der Waals surface area contributed by atoms with E-state index < -0.39 is 0 Å². The summed E-state index contributed by atoms with van der Waals surface area (Å²) < 4.78 is 1.84. The third kappa shape index (κ3) is 4.55. The molecule has 2 aliphatic heterocycles. The molecule has 2 aliphatic rings. The standard InChI is InChI=1S/C26H32N6O2/c1-2-32-25-22(18-27-32)21(17-23(28-25)20-9-5-3-6-10-20)26(34)31-15-13-29(14-16-31)19-24(33)30-11-7-4-8-12-30/h3,5-6,9-10,17-18H,2,4,7-8,11-16,19H2,1H3. The summed E-state index contributed by atoms with van der Waals surface area (Å²) in [6.07, 6.45) is 5.18. The van der Waals surface area contributed by atoms with Crippen LogP contribution in [0.5, 0.6) is 0 Å². The molecule has 0 saturated carbocycles. The lowest BCUT2D eigenvalue weighted by atomic mass is 10.1. The van der Waals surface area contributed by atoms with E-state index in [2.05, 4.69) is 10.00 Å². The Hall–Kier alpha value is -3.26. The van der Waals surface area contributed by atoms with E-state index in [0.717, 1.165) is 48.2 Å². The van der Waals surface area contributed by atoms with Crippen LogP contribution in [-0.4, -0.2) is 87.1 Å². The van der Waals surface area contributed by atoms with Gasteiger partial charge in [-0.3, -0.25) is 14.5 Å². The van der Waals surface area contributed by atoms with Crippen molar-refractivity contribution >= 4 is 22.8 Å². The van der Waals surface area contributed by atoms with Crippen LogP contribution in [0.25, 0.3) is 22.3 Å². The number of carbonyl (C=O) groups excluding carboxylic acids is 2. The zero-order valence-electron chi connectivity index (χ0n) is 19.8. The van der Waals surface area contributed by atoms with Gasteiger partial charge >= 0.3 is 0 Å². The largest absolute Gasteiger partial charge is 0.342 e. The summed E-state index contributed by atoms with van der Waals surface area (Å²) in [5.41, 5.74) is 3.13. The Morgan fingerprint density at radius 2 is 1.65 bits per heavy atom. The monoisotopic (exact) mass is 460 g/mol. The van der Waals surface area contributed by atoms with Crippen molar-refractivity contribution in [3.05, 3.63) is 48.2 Å². The van der Waals surface area contributed by atoms with Gasteiger partial charge < -0.3 is 9.80 Å². The van der Waals surface area contributed by atoms with Crippen LogP contribution in [0.4, 0.5) is 0 Å². The van der Waals surface area contributed by atoms with Crippen molar-refractivity contribution in [2.75, 3.05) is 45.8 Å². The predicted octanol–water partition coefficient (Wildman–Crippen LogP) is 2.89. The first-order chi connectivity index (χ1) is 16.6. The lowest BCUT2D eigenvalue weighted by molar-refractivity contribution is -0.133. The maximum atomic E-state index is 13.6. The molecule has 8 nitrogen and oxygen atoms in total. The molecule has 4 heterocycles. The van der Waals surface area contributed by atoms with E-state index in [1.54, 1.807) is 6.20 Å². The summed E-state index contributed by atoms with van der Waals surface area (Å²) in [7, 11) is 0. The van der Waals surface area contributed by atoms with Gasteiger partial charge in [-0.05, 0) is 32.3 Å². The van der Waals surface area contributed by atoms with E-state index in [0.29, 0.717) is 44.8 Å². The van der Waals surface area contributed by atoms with Crippen molar-refractivity contribution in [3.63, 3.8) is 0 Å². The zero-order chi connectivity index (χ0) is 23.5. The number of amides is 2. The fourth-order valence-electron chi connectivity index (χ4n) is 4.93. The normalized spacial score (nSPS) is 17.3. The number of aromatic nitrogens is 3. The molecule has 1 aromatic carbocycles. The van der Waals surface area contributed by atoms with E-state index >= 15 is 0 Å². The molecule has 0 aliphatic carbocycles. The van der Waals surface area contributed by atoms with Crippen molar-refractivity contribution in [3.8, 4) is 11.3 Å². The molecule has 34 heavy (non-hydrogen) atoms. The first-order valence-electron chi connectivity index (χ1n) is 12.4. The number of aryl methyl sites for hydroxylation is 1. The third-order valence-electron chi connectivity index (χ3n) is 6.94. The summed E-state index contributed by atoms with van der Waals surface area (Å²) in [6, 6.07) is 11.8. The number of carbonyl (C=O) groups is 2. The molecule has 2 aromatic heterocycles. The van der Waals surface area contributed by atoms with Gasteiger partial charge in [-0.25, -0.2) is 9.67 Å². The average molecular weight is 461 g/mol. The van der Waals surface area contributed by atoms with Crippen LogP contribution in [0, 0.1) is 0 Å². The highest BCUT2D eigenvalue weighted by molar-refractivity contribution is 6.06. The van der Waals surface area contributed by atoms with Crippen LogP contribution in [0.3, 0.4) is 0 Å². The van der Waals surface area contributed by atoms with E-state index in [9.17, 15) is 9.59 Å². The van der Waals surface area contributed by atoms with E-state index in [4.69, 9.17) is 4.98 Å². The van der Waals surface area contributed by atoms with Gasteiger partial charge in [0.15, 0.2) is 5.65 Å². The minimum absolute atomic E-state index is 0.00208. The Morgan fingerprint density at radius 1 is 0.912 bits per heavy atom. The fraction of sp³-hybridized carbons (Fsp3) is 0.462. The Balaban J connectivity index is 1.32. The Morgan fingerprint density at radius 3 is 2.35 bits per heavy atom. The summed E-state index contributed by atoms with van der Waals surface area (Å²) in [5, 5.41) is 5.25. The van der Waals surface area contributed by atoms with Gasteiger partial charge in [-0.1, -0.05) is 30.3 Å². The molecule has 2 fully saturated rings. The van der Waals surface area contributed by atoms with E-state index in [1.165, 1.54) is 6.42 Å². The predicted molar refractivity (Wildman–Crippen MR) is 131 cm³/mol. The Labute approximate surface area is 200 Å². The molecule has 0 spiro atoms. The summed E-state index contributed by atoms with van der Waals surface area (Å²) in [6.45, 7) is 7.55. The topological polar surface area (TPSA) is 74.6 Å². The molecule has 178 valence electrons. The van der Waals surface area contributed by atoms with Crippen molar-refractivity contribution in [2.45, 2.75) is 32.7 Å². The van der Waals surface area contributed by atoms with Gasteiger partial charge in [0.25, 0.3) is 5.91 Å². The van der Waals surface area contributed by atoms with Crippen molar-refractivity contribution in [1.29, 1.82) is 0 Å². The molecule has 0 bridgehead atoms. The lowest BCUT2D eigenvalue weighted by Gasteiger charge is -2.36. The number of nitrogens with zero attached hydrogens (tertiary/aromatic N) is 6. The van der Waals surface area contributed by atoms with E-state index in [-0.39, 0.29) is 11.8 Å². The van der Waals surface area contributed by atoms with Crippen molar-refractivity contribution in [1.82, 2.24) is 29.5 Å². The highest BCUT2D eigenvalue weighted by Crippen LogP contribution is 2.26. The third-order valence-corrected chi connectivity index (χ3v) is 6.94. The van der Waals surface area contributed by atoms with Crippen LogP contribution < -0.4 is 0 Å². The number of hydrogen-bond acceptors (Lipinski definition) is 5. The molecule has 8 heteroatoms. The molecule has 5 rings (SSSR count). The second-order valence-electron chi connectivity index (χ2n) is 9.13. The van der Waals surface area contributed by atoms with Crippen LogP contribution in [0.15, 0.2) is 42.6 Å². The average Bonchev–Trinajstić information content (AvgIpc) is 3.32. The Bertz CT molecular complexity index is 1160. The number of benzene rings is 1. The fourth-order valence-corrected chi connectivity index (χ4v) is 4.93. The summed E-state index contributed by atoms with van der Waals surface area (Å²) >= 11 is 0. The molecular weight excluding hydrogens is 428 g/mol. The number of hydrogen-bond donors (Lipinski definition) is 0. The molecule has 3 aromatic rings. The SMILES string of the molecule is CCn1ncc2c(C(=O)N3CCN(CC(=O)N4CCCCC4)CC3)cc(-c3ccccc3)nc21. The van der Waals surface area contributed by atoms with Crippen LogP contribution in [0.2, 0.25) is 0 Å². The van der Waals surface area contributed by atoms with Gasteiger partial charge in [-0.15, -0.1) is 0 Å². The molecule has 0 radical (unpaired) electrons. The molecule has 2 amide bonds. The smallest absolute Gasteiger partial charge is 0.254 e. The minimum atomic E-state index is 0.00208. The highest BCUT2D eigenvalue weighted by atomic mass is 16.2. The van der Waals surface area contributed by atoms with Gasteiger partial charge in [0.1, 0.15) is 0 Å². The number of likely N-dealkylation sites (tertiary alicyclic amines) is 1. The number of piperazine rings is 1. The number of rotatable bonds is 5. The second-order valence-corrected chi connectivity index (χ2v) is 9.13. The quantitative estimate of drug-likeness (QED) is 0.585. The number of piperidine rings is 1. The first kappa shape index (κ1) is 22.5. The van der Waals surface area contributed by atoms with Crippen LogP contribution in [0.1, 0.15) is 36.5 Å². The van der Waals surface area contributed by atoms with Gasteiger partial charge in [0, 0.05) is 51.4 Å². The maximum Gasteiger partial charge on any atom is 0.254 e. The lowest BCUT2D eigenvalue weighted by Crippen LogP contribution is -2.52. The number of fused-ring (bicyclic) bond motifs is 1. The summed E-state index contributed by atoms with van der Waals surface area (Å²) in [4.78, 5) is 37.2. The Kier molecular flexibility index (Phi) is 6.58. The van der Waals surface area contributed by atoms with Gasteiger partial charge in [-0.2, -0.15) is 5.10 Å². The molecule has 2 saturated heterocycles. The number of pyridine rings is 1. The van der Waals surface area contributed by atoms with Crippen molar-refractivity contribution in [2.24, 2.45) is 0 Å². The van der Waals surface area contributed by atoms with Gasteiger partial charge in [0.2, 0.25) is 5.91 Å². The summed E-state index contributed by atoms with van der Waals surface area (Å²) in [5.74, 6) is 0.219. The molecular formula is C26H32N6O2. The second kappa shape index (κ2) is 9.93. The molecule has 0 atom stereocenters. The molecule has 0 N–H and O–H groups in total. The maximum absolute atomic E-state index is 13.6. The van der Waals surface area contributed by atoms with E-state index in [1.807, 2.05) is 57.8 Å². The van der Waals surface area contributed by atoms with Crippen LogP contribution >= 0.6 is 0 Å². The minimum Gasteiger partial charge on any atom is -0.342 e. The van der Waals surface area contributed by atoms with Crippen LogP contribution in [-0.2, 0) is 11.3 Å². The van der Waals surface area contributed by atoms with Gasteiger partial charge in [0.05, 0.1) is 29.4 Å².